The summed E-state index contributed by atoms with van der Waals surface area (Å²) in [6.45, 7) is 1.84. The molecule has 0 spiro atoms. The van der Waals surface area contributed by atoms with E-state index in [1.54, 1.807) is 0 Å². The molecule has 2 heterocycles. The zero-order valence-corrected chi connectivity index (χ0v) is 6.59. The molecule has 0 aromatic heterocycles. The molecule has 0 saturated carbocycles. The third-order valence-corrected chi connectivity index (χ3v) is 1.57. The number of rotatable bonds is 0. The lowest BCUT2D eigenvalue weighted by atomic mass is 10.2. The molecule has 2 rings (SSSR count). The van der Waals surface area contributed by atoms with Crippen molar-refractivity contribution in [3.8, 4) is 0 Å². The highest BCUT2D eigenvalue weighted by atomic mass is 32.1. The van der Waals surface area contributed by atoms with Crippen LogP contribution in [0, 0.1) is 0 Å². The zero-order chi connectivity index (χ0) is 7.84. The van der Waals surface area contributed by atoms with Crippen LogP contribution >= 0.6 is 12.2 Å². The van der Waals surface area contributed by atoms with E-state index in [9.17, 15) is 0 Å². The Morgan fingerprint density at radius 1 is 1.36 bits per heavy atom. The Kier molecular flexibility index (Phi) is 1.25. The summed E-state index contributed by atoms with van der Waals surface area (Å²) in [6, 6.07) is 0. The van der Waals surface area contributed by atoms with Gasteiger partial charge in [0.2, 0.25) is 5.11 Å². The van der Waals surface area contributed by atoms with Crippen LogP contribution in [0.25, 0.3) is 0 Å². The van der Waals surface area contributed by atoms with Crippen LogP contribution in [0.1, 0.15) is 6.92 Å². The van der Waals surface area contributed by atoms with Gasteiger partial charge in [0.15, 0.2) is 5.84 Å². The van der Waals surface area contributed by atoms with Crippen LogP contribution in [0.15, 0.2) is 20.0 Å². The van der Waals surface area contributed by atoms with Crippen LogP contribution < -0.4 is 0 Å². The zero-order valence-electron chi connectivity index (χ0n) is 5.77. The molecule has 0 aliphatic carbocycles. The maximum Gasteiger partial charge on any atom is 0.221 e. The first-order valence-electron chi connectivity index (χ1n) is 3.06. The van der Waals surface area contributed by atoms with Crippen molar-refractivity contribution >= 4 is 40.9 Å². The summed E-state index contributed by atoms with van der Waals surface area (Å²) in [4.78, 5) is 15.8. The van der Waals surface area contributed by atoms with Crippen molar-refractivity contribution in [2.75, 3.05) is 0 Å². The molecule has 0 N–H and O–H groups in total. The van der Waals surface area contributed by atoms with Crippen molar-refractivity contribution in [3.63, 3.8) is 0 Å². The molecule has 0 radical (unpaired) electrons. The molecule has 0 saturated heterocycles. The molecule has 11 heavy (non-hydrogen) atoms. The molecule has 5 heteroatoms. The minimum absolute atomic E-state index is 0.329. The highest BCUT2D eigenvalue weighted by Crippen LogP contribution is 2.05. The van der Waals surface area contributed by atoms with Crippen molar-refractivity contribution in [1.82, 2.24) is 0 Å². The Morgan fingerprint density at radius 3 is 3.00 bits per heavy atom. The largest absolute Gasteiger partial charge is 0.231 e. The van der Waals surface area contributed by atoms with Crippen molar-refractivity contribution in [3.05, 3.63) is 0 Å². The number of aliphatic imine (C=N–C) groups is 4. The maximum absolute atomic E-state index is 4.80. The van der Waals surface area contributed by atoms with E-state index in [1.807, 2.05) is 6.92 Å². The predicted octanol–water partition coefficient (Wildman–Crippen LogP) is 0.627. The second kappa shape index (κ2) is 2.13. The quantitative estimate of drug-likeness (QED) is 0.484. The van der Waals surface area contributed by atoms with Crippen LogP contribution in [0.3, 0.4) is 0 Å². The lowest BCUT2D eigenvalue weighted by molar-refractivity contribution is 1.54. The average molecular weight is 164 g/mol. The number of thiocarbonyl (C=S) groups is 1. The summed E-state index contributed by atoms with van der Waals surface area (Å²) in [5, 5.41) is 0.329. The van der Waals surface area contributed by atoms with E-state index in [4.69, 9.17) is 12.2 Å². The van der Waals surface area contributed by atoms with Gasteiger partial charge >= 0.3 is 0 Å². The third-order valence-electron chi connectivity index (χ3n) is 1.39. The molecule has 54 valence electrons. The van der Waals surface area contributed by atoms with Crippen LogP contribution in [-0.4, -0.2) is 28.7 Å². The third kappa shape index (κ3) is 0.932. The van der Waals surface area contributed by atoms with Gasteiger partial charge in [0, 0.05) is 0 Å². The second-order valence-corrected chi connectivity index (χ2v) is 2.50. The van der Waals surface area contributed by atoms with E-state index in [2.05, 4.69) is 20.0 Å². The van der Waals surface area contributed by atoms with Gasteiger partial charge in [0.05, 0.1) is 5.71 Å². The van der Waals surface area contributed by atoms with Crippen molar-refractivity contribution in [1.29, 1.82) is 0 Å². The molecular weight excluding hydrogens is 160 g/mol. The number of fused-ring (bicyclic) bond motifs is 1. The minimum atomic E-state index is 0.329. The second-order valence-electron chi connectivity index (χ2n) is 2.14. The summed E-state index contributed by atoms with van der Waals surface area (Å²) in [5.41, 5.74) is 1.52. The van der Waals surface area contributed by atoms with Gasteiger partial charge in [-0.3, -0.25) is 0 Å². The van der Waals surface area contributed by atoms with Gasteiger partial charge in [0.1, 0.15) is 12.1 Å². The first-order chi connectivity index (χ1) is 5.27. The number of amidine groups is 1. The fourth-order valence-corrected chi connectivity index (χ4v) is 1.13. The molecule has 4 nitrogen and oxygen atoms in total. The van der Waals surface area contributed by atoms with Crippen LogP contribution in [0.5, 0.6) is 0 Å². The van der Waals surface area contributed by atoms with Crippen molar-refractivity contribution in [2.45, 2.75) is 6.92 Å². The predicted molar refractivity (Wildman–Crippen MR) is 49.1 cm³/mol. The molecule has 0 aromatic rings. The van der Waals surface area contributed by atoms with Gasteiger partial charge in [-0.2, -0.15) is 4.99 Å². The fraction of sp³-hybridized carbons (Fsp3) is 0.167. The highest BCUT2D eigenvalue weighted by molar-refractivity contribution is 7.80. The van der Waals surface area contributed by atoms with Gasteiger partial charge in [-0.25, -0.2) is 15.0 Å². The van der Waals surface area contributed by atoms with E-state index in [0.717, 1.165) is 11.4 Å². The minimum Gasteiger partial charge on any atom is -0.231 e. The first-order valence-corrected chi connectivity index (χ1v) is 3.47. The summed E-state index contributed by atoms with van der Waals surface area (Å²) in [5.74, 6) is 0.586. The summed E-state index contributed by atoms with van der Waals surface area (Å²) < 4.78 is 0. The summed E-state index contributed by atoms with van der Waals surface area (Å²) in [6.07, 6.45) is 1.46. The standard InChI is InChI=1S/C6H4N4S/c1-3-4-5(8-2-7-4)10-6(11)9-3/h2H,1H3. The Labute approximate surface area is 68.5 Å². The molecule has 0 fully saturated rings. The first kappa shape index (κ1) is 6.48. The van der Waals surface area contributed by atoms with Gasteiger partial charge in [-0.05, 0) is 19.1 Å². The molecule has 0 bridgehead atoms. The van der Waals surface area contributed by atoms with Gasteiger partial charge in [-0.15, -0.1) is 0 Å². The number of hydrogen-bond acceptors (Lipinski definition) is 3. The molecular formula is C6H4N4S. The molecule has 2 aliphatic rings. The van der Waals surface area contributed by atoms with Crippen LogP contribution in [-0.2, 0) is 0 Å². The van der Waals surface area contributed by atoms with E-state index in [1.165, 1.54) is 6.34 Å². The summed E-state index contributed by atoms with van der Waals surface area (Å²) >= 11 is 4.80. The monoisotopic (exact) mass is 164 g/mol. The highest BCUT2D eigenvalue weighted by Gasteiger charge is 2.19. The van der Waals surface area contributed by atoms with E-state index >= 15 is 0 Å². The number of hydrogen-bond donors (Lipinski definition) is 0. The number of nitrogens with zero attached hydrogens (tertiary/aromatic N) is 4. The normalized spacial score (nSPS) is 20.8. The Morgan fingerprint density at radius 2 is 2.18 bits per heavy atom. The summed E-state index contributed by atoms with van der Waals surface area (Å²) in [7, 11) is 0. The Hall–Kier alpha value is -1.23. The average Bonchev–Trinajstić information content (AvgIpc) is 2.34. The van der Waals surface area contributed by atoms with Gasteiger partial charge in [0.25, 0.3) is 0 Å². The molecule has 0 amide bonds. The molecule has 0 atom stereocenters. The molecule has 0 unspecified atom stereocenters. The molecule has 0 aromatic carbocycles. The van der Waals surface area contributed by atoms with Crippen LogP contribution in [0.4, 0.5) is 0 Å². The topological polar surface area (TPSA) is 49.4 Å². The van der Waals surface area contributed by atoms with Crippen molar-refractivity contribution < 1.29 is 0 Å². The lowest BCUT2D eigenvalue weighted by Crippen LogP contribution is -2.23. The SMILES string of the molecule is CC1=NC(=S)N=C2N=CN=C12. The van der Waals surface area contributed by atoms with Gasteiger partial charge < -0.3 is 0 Å². The lowest BCUT2D eigenvalue weighted by Gasteiger charge is -2.04. The van der Waals surface area contributed by atoms with E-state index in [0.29, 0.717) is 10.9 Å². The Bertz CT molecular complexity index is 348. The maximum atomic E-state index is 4.80. The van der Waals surface area contributed by atoms with E-state index in [-0.39, 0.29) is 0 Å². The van der Waals surface area contributed by atoms with Crippen LogP contribution in [0.2, 0.25) is 0 Å². The molecule has 2 aliphatic heterocycles. The van der Waals surface area contributed by atoms with Crippen molar-refractivity contribution in [2.24, 2.45) is 20.0 Å². The smallest absolute Gasteiger partial charge is 0.221 e. The van der Waals surface area contributed by atoms with Gasteiger partial charge in [-0.1, -0.05) is 0 Å². The Balaban J connectivity index is 2.54. The van der Waals surface area contributed by atoms with E-state index < -0.39 is 0 Å². The fourth-order valence-electron chi connectivity index (χ4n) is 0.909.